The fourth-order valence-electron chi connectivity index (χ4n) is 1.43. The Morgan fingerprint density at radius 1 is 1.00 bits per heavy atom. The third kappa shape index (κ3) is 3.20. The molecule has 0 N–H and O–H groups in total. The molecule has 0 bridgehead atoms. The minimum absolute atomic E-state index is 0.00769. The summed E-state index contributed by atoms with van der Waals surface area (Å²) in [6, 6.07) is 12.9. The van der Waals surface area contributed by atoms with Gasteiger partial charge in [-0.2, -0.15) is 0 Å². The smallest absolute Gasteiger partial charge is 0.194 e. The van der Waals surface area contributed by atoms with E-state index in [1.54, 1.807) is 12.1 Å². The molecule has 1 nitrogen and oxygen atoms in total. The van der Waals surface area contributed by atoms with Gasteiger partial charge in [0.2, 0.25) is 0 Å². The van der Waals surface area contributed by atoms with Crippen LogP contribution in [0.4, 0.5) is 0 Å². The first-order valence-corrected chi connectivity index (χ1v) is 7.37. The Morgan fingerprint density at radius 2 is 1.65 bits per heavy atom. The van der Waals surface area contributed by atoms with Gasteiger partial charge in [-0.05, 0) is 87.6 Å². The van der Waals surface area contributed by atoms with Crippen molar-refractivity contribution in [3.8, 4) is 0 Å². The maximum Gasteiger partial charge on any atom is 0.194 e. The second-order valence-electron chi connectivity index (χ2n) is 3.46. The van der Waals surface area contributed by atoms with E-state index in [0.717, 1.165) is 7.14 Å². The van der Waals surface area contributed by atoms with Gasteiger partial charge in [0, 0.05) is 23.3 Å². The summed E-state index contributed by atoms with van der Waals surface area (Å²) in [6.45, 7) is 0. The topological polar surface area (TPSA) is 17.1 Å². The number of halogens is 3. The fourth-order valence-corrected chi connectivity index (χ4v) is 2.54. The molecule has 0 spiro atoms. The zero-order valence-corrected chi connectivity index (χ0v) is 13.7. The lowest BCUT2D eigenvalue weighted by Crippen LogP contribution is -2.03. The third-order valence-electron chi connectivity index (χ3n) is 2.28. The highest BCUT2D eigenvalue weighted by Gasteiger charge is 2.12. The second-order valence-corrected chi connectivity index (χ2v) is 6.30. The van der Waals surface area contributed by atoms with E-state index in [1.807, 2.05) is 30.3 Å². The molecule has 17 heavy (non-hydrogen) atoms. The molecule has 0 radical (unpaired) electrons. The lowest BCUT2D eigenvalue weighted by molar-refractivity contribution is 0.103. The van der Waals surface area contributed by atoms with E-state index in [-0.39, 0.29) is 5.78 Å². The average Bonchev–Trinajstić information content (AvgIpc) is 2.32. The molecule has 0 aliphatic heterocycles. The van der Waals surface area contributed by atoms with Gasteiger partial charge < -0.3 is 0 Å². The maximum atomic E-state index is 12.3. The number of rotatable bonds is 2. The van der Waals surface area contributed by atoms with Gasteiger partial charge in [0.25, 0.3) is 0 Å². The monoisotopic (exact) mass is 468 g/mol. The second kappa shape index (κ2) is 5.67. The van der Waals surface area contributed by atoms with Gasteiger partial charge >= 0.3 is 0 Å². The van der Waals surface area contributed by atoms with Crippen LogP contribution in [0.1, 0.15) is 15.9 Å². The highest BCUT2D eigenvalue weighted by molar-refractivity contribution is 14.1. The van der Waals surface area contributed by atoms with Crippen LogP contribution in [-0.4, -0.2) is 5.78 Å². The minimum atomic E-state index is 0.00769. The van der Waals surface area contributed by atoms with Crippen molar-refractivity contribution in [3.05, 3.63) is 65.8 Å². The molecule has 0 atom stereocenters. The lowest BCUT2D eigenvalue weighted by atomic mass is 10.0. The molecule has 2 rings (SSSR count). The van der Waals surface area contributed by atoms with Crippen LogP contribution < -0.4 is 0 Å². The van der Waals surface area contributed by atoms with Crippen LogP contribution in [0.3, 0.4) is 0 Å². The van der Waals surface area contributed by atoms with E-state index in [0.29, 0.717) is 16.1 Å². The van der Waals surface area contributed by atoms with E-state index >= 15 is 0 Å². The van der Waals surface area contributed by atoms with E-state index in [9.17, 15) is 4.79 Å². The van der Waals surface area contributed by atoms with Crippen molar-refractivity contribution in [1.82, 2.24) is 0 Å². The zero-order chi connectivity index (χ0) is 12.4. The summed E-state index contributed by atoms with van der Waals surface area (Å²) in [5.74, 6) is 0.00769. The van der Waals surface area contributed by atoms with Crippen LogP contribution in [-0.2, 0) is 0 Å². The molecule has 2 aromatic carbocycles. The molecule has 0 aliphatic rings. The first-order chi connectivity index (χ1) is 8.08. The van der Waals surface area contributed by atoms with Gasteiger partial charge in [-0.1, -0.05) is 11.6 Å². The van der Waals surface area contributed by atoms with Crippen molar-refractivity contribution in [2.45, 2.75) is 0 Å². The van der Waals surface area contributed by atoms with E-state index in [2.05, 4.69) is 45.2 Å². The average molecular weight is 468 g/mol. The summed E-state index contributed by atoms with van der Waals surface area (Å²) in [5, 5.41) is 0.583. The largest absolute Gasteiger partial charge is 0.289 e. The van der Waals surface area contributed by atoms with Gasteiger partial charge in [-0.25, -0.2) is 0 Å². The predicted molar refractivity (Wildman–Crippen MR) is 86.8 cm³/mol. The maximum absolute atomic E-state index is 12.3. The molecule has 0 heterocycles. The Morgan fingerprint density at radius 3 is 2.29 bits per heavy atom. The molecule has 0 fully saturated rings. The van der Waals surface area contributed by atoms with Crippen LogP contribution >= 0.6 is 56.8 Å². The molecule has 2 aromatic rings. The van der Waals surface area contributed by atoms with Gasteiger partial charge in [0.05, 0.1) is 0 Å². The molecule has 0 amide bonds. The number of carbonyl (C=O) groups is 1. The third-order valence-corrected chi connectivity index (χ3v) is 4.17. The Labute approximate surface area is 132 Å². The number of carbonyl (C=O) groups excluding carboxylic acids is 1. The van der Waals surface area contributed by atoms with Gasteiger partial charge in [-0.15, -0.1) is 0 Å². The number of ketones is 1. The van der Waals surface area contributed by atoms with E-state index < -0.39 is 0 Å². The Hall–Kier alpha value is -0.140. The minimum Gasteiger partial charge on any atom is -0.289 e. The molecule has 0 aliphatic carbocycles. The SMILES string of the molecule is O=C(c1ccc(I)cc1)c1cc(Cl)ccc1I. The Bertz CT molecular complexity index is 564. The molecule has 4 heteroatoms. The Kier molecular flexibility index (Phi) is 4.43. The van der Waals surface area contributed by atoms with Crippen molar-refractivity contribution in [2.75, 3.05) is 0 Å². The molecule has 86 valence electrons. The molecule has 0 saturated carbocycles. The lowest BCUT2D eigenvalue weighted by Gasteiger charge is -2.04. The first kappa shape index (κ1) is 13.3. The van der Waals surface area contributed by atoms with Crippen LogP contribution in [0.15, 0.2) is 42.5 Å². The quantitative estimate of drug-likeness (QED) is 0.458. The van der Waals surface area contributed by atoms with Crippen LogP contribution in [0.2, 0.25) is 5.02 Å². The Balaban J connectivity index is 2.43. The van der Waals surface area contributed by atoms with Crippen molar-refractivity contribution >= 4 is 62.6 Å². The molecule has 0 unspecified atom stereocenters. The van der Waals surface area contributed by atoms with Gasteiger partial charge in [0.15, 0.2) is 5.78 Å². The summed E-state index contributed by atoms with van der Waals surface area (Å²) < 4.78 is 2.02. The van der Waals surface area contributed by atoms with E-state index in [1.165, 1.54) is 0 Å². The summed E-state index contributed by atoms with van der Waals surface area (Å²) in [5.41, 5.74) is 1.34. The van der Waals surface area contributed by atoms with Crippen molar-refractivity contribution in [2.24, 2.45) is 0 Å². The van der Waals surface area contributed by atoms with Crippen LogP contribution in [0.5, 0.6) is 0 Å². The molecule has 0 saturated heterocycles. The standard InChI is InChI=1S/C13H7ClI2O/c14-9-3-6-12(16)11(7-9)13(17)8-1-4-10(15)5-2-8/h1-7H. The number of hydrogen-bond acceptors (Lipinski definition) is 1. The zero-order valence-electron chi connectivity index (χ0n) is 8.58. The summed E-state index contributed by atoms with van der Waals surface area (Å²) in [4.78, 5) is 12.3. The fraction of sp³-hybridized carbons (Fsp3) is 0. The number of hydrogen-bond donors (Lipinski definition) is 0. The number of benzene rings is 2. The van der Waals surface area contributed by atoms with Crippen molar-refractivity contribution in [1.29, 1.82) is 0 Å². The predicted octanol–water partition coefficient (Wildman–Crippen LogP) is 4.78. The van der Waals surface area contributed by atoms with Crippen LogP contribution in [0.25, 0.3) is 0 Å². The highest BCUT2D eigenvalue weighted by Crippen LogP contribution is 2.21. The van der Waals surface area contributed by atoms with Gasteiger partial charge in [-0.3, -0.25) is 4.79 Å². The highest BCUT2D eigenvalue weighted by atomic mass is 127. The first-order valence-electron chi connectivity index (χ1n) is 4.83. The van der Waals surface area contributed by atoms with Crippen LogP contribution in [0, 0.1) is 7.14 Å². The molecule has 0 aromatic heterocycles. The van der Waals surface area contributed by atoms with Crippen molar-refractivity contribution < 1.29 is 4.79 Å². The van der Waals surface area contributed by atoms with E-state index in [4.69, 9.17) is 11.6 Å². The normalized spacial score (nSPS) is 10.3. The molecular formula is C13H7ClI2O. The van der Waals surface area contributed by atoms with Crippen molar-refractivity contribution in [3.63, 3.8) is 0 Å². The molecular weight excluding hydrogens is 461 g/mol. The summed E-state index contributed by atoms with van der Waals surface area (Å²) in [6.07, 6.45) is 0. The summed E-state index contributed by atoms with van der Waals surface area (Å²) >= 11 is 10.3. The summed E-state index contributed by atoms with van der Waals surface area (Å²) in [7, 11) is 0. The van der Waals surface area contributed by atoms with Gasteiger partial charge in [0.1, 0.15) is 0 Å².